The highest BCUT2D eigenvalue weighted by Gasteiger charge is 2.43. The van der Waals surface area contributed by atoms with Crippen molar-refractivity contribution in [2.24, 2.45) is 0 Å². The predicted molar refractivity (Wildman–Crippen MR) is 87.7 cm³/mol. The average Bonchev–Trinajstić information content (AvgIpc) is 2.88. The lowest BCUT2D eigenvalue weighted by Crippen LogP contribution is -2.21. The minimum atomic E-state index is -4.52. The topological polar surface area (TPSA) is 35.5 Å². The van der Waals surface area contributed by atoms with Gasteiger partial charge in [-0.2, -0.15) is 13.2 Å². The highest BCUT2D eigenvalue weighted by atomic mass is 35.5. The molecule has 0 aliphatic carbocycles. The SMILES string of the molecule is C#CC1(C#C)OC(=O)c2ccc(Oc3ccc(C(F)(F)F)cc3Cl)cc21. The standard InChI is InChI=1S/C19H8ClF3O3/c1-3-18(4-2)14-10-12(6-7-13(14)17(24)26-18)25-16-8-5-11(9-15(16)20)19(21,22)23/h1-2,5-10H. The summed E-state index contributed by atoms with van der Waals surface area (Å²) in [5.41, 5.74) is -2.13. The highest BCUT2D eigenvalue weighted by molar-refractivity contribution is 6.32. The average molecular weight is 377 g/mol. The largest absolute Gasteiger partial charge is 0.456 e. The predicted octanol–water partition coefficient (Wildman–Crippen LogP) is 4.78. The van der Waals surface area contributed by atoms with Crippen molar-refractivity contribution in [3.63, 3.8) is 0 Å². The van der Waals surface area contributed by atoms with E-state index in [9.17, 15) is 18.0 Å². The number of carbonyl (C=O) groups is 1. The molecule has 0 aromatic heterocycles. The van der Waals surface area contributed by atoms with E-state index in [0.29, 0.717) is 0 Å². The molecule has 1 aliphatic heterocycles. The van der Waals surface area contributed by atoms with Crippen molar-refractivity contribution in [3.8, 4) is 36.2 Å². The van der Waals surface area contributed by atoms with E-state index in [0.717, 1.165) is 18.2 Å². The summed E-state index contributed by atoms with van der Waals surface area (Å²) in [4.78, 5) is 11.9. The van der Waals surface area contributed by atoms with Crippen molar-refractivity contribution >= 4 is 17.6 Å². The Morgan fingerprint density at radius 3 is 2.38 bits per heavy atom. The molecule has 1 aliphatic rings. The first-order chi connectivity index (χ1) is 12.2. The van der Waals surface area contributed by atoms with E-state index >= 15 is 0 Å². The monoisotopic (exact) mass is 376 g/mol. The minimum Gasteiger partial charge on any atom is -0.456 e. The van der Waals surface area contributed by atoms with Crippen LogP contribution in [-0.4, -0.2) is 5.97 Å². The molecule has 0 N–H and O–H groups in total. The van der Waals surface area contributed by atoms with Gasteiger partial charge in [-0.1, -0.05) is 11.6 Å². The van der Waals surface area contributed by atoms with Crippen LogP contribution in [0.4, 0.5) is 13.2 Å². The maximum Gasteiger partial charge on any atom is 0.416 e. The van der Waals surface area contributed by atoms with Gasteiger partial charge < -0.3 is 9.47 Å². The molecule has 3 rings (SSSR count). The van der Waals surface area contributed by atoms with Crippen LogP contribution in [0.3, 0.4) is 0 Å². The number of terminal acetylenes is 2. The van der Waals surface area contributed by atoms with Gasteiger partial charge in [0.15, 0.2) is 0 Å². The molecule has 0 saturated carbocycles. The lowest BCUT2D eigenvalue weighted by atomic mass is 9.93. The van der Waals surface area contributed by atoms with Gasteiger partial charge in [0, 0.05) is 5.56 Å². The molecular formula is C19H8ClF3O3. The van der Waals surface area contributed by atoms with Crippen LogP contribution in [0.1, 0.15) is 21.5 Å². The lowest BCUT2D eigenvalue weighted by molar-refractivity contribution is -0.137. The molecule has 0 fully saturated rings. The van der Waals surface area contributed by atoms with Crippen molar-refractivity contribution < 1.29 is 27.4 Å². The molecule has 0 spiro atoms. The molecule has 130 valence electrons. The number of benzene rings is 2. The zero-order valence-corrected chi connectivity index (χ0v) is 13.6. The number of halogens is 4. The third kappa shape index (κ3) is 2.85. The van der Waals surface area contributed by atoms with Crippen LogP contribution in [-0.2, 0) is 16.5 Å². The number of alkyl halides is 3. The van der Waals surface area contributed by atoms with Gasteiger partial charge in [0.25, 0.3) is 5.60 Å². The van der Waals surface area contributed by atoms with Crippen molar-refractivity contribution in [2.45, 2.75) is 11.8 Å². The molecule has 0 bridgehead atoms. The van der Waals surface area contributed by atoms with Crippen LogP contribution in [0, 0.1) is 24.7 Å². The van der Waals surface area contributed by atoms with Crippen molar-refractivity contribution in [1.82, 2.24) is 0 Å². The van der Waals surface area contributed by atoms with E-state index in [1.807, 2.05) is 0 Å². The maximum absolute atomic E-state index is 12.7. The molecule has 0 radical (unpaired) electrons. The van der Waals surface area contributed by atoms with Crippen molar-refractivity contribution in [3.05, 3.63) is 58.1 Å². The molecule has 0 atom stereocenters. The zero-order valence-electron chi connectivity index (χ0n) is 12.9. The lowest BCUT2D eigenvalue weighted by Gasteiger charge is -2.16. The van der Waals surface area contributed by atoms with Gasteiger partial charge in [-0.05, 0) is 48.2 Å². The molecule has 1 heterocycles. The van der Waals surface area contributed by atoms with Gasteiger partial charge in [-0.25, -0.2) is 4.79 Å². The van der Waals surface area contributed by atoms with Crippen LogP contribution in [0.25, 0.3) is 0 Å². The summed E-state index contributed by atoms with van der Waals surface area (Å²) in [6, 6.07) is 6.92. The number of hydrogen-bond donors (Lipinski definition) is 0. The molecule has 0 unspecified atom stereocenters. The Kier molecular flexibility index (Phi) is 4.10. The second kappa shape index (κ2) is 6.01. The molecule has 2 aromatic rings. The molecule has 0 amide bonds. The second-order valence-corrected chi connectivity index (χ2v) is 5.72. The van der Waals surface area contributed by atoms with Crippen LogP contribution in [0.5, 0.6) is 11.5 Å². The fraction of sp³-hybridized carbons (Fsp3) is 0.105. The number of esters is 1. The Morgan fingerprint density at radius 2 is 1.81 bits per heavy atom. The highest BCUT2D eigenvalue weighted by Crippen LogP contribution is 2.40. The van der Waals surface area contributed by atoms with E-state index < -0.39 is 23.3 Å². The van der Waals surface area contributed by atoms with Crippen LogP contribution < -0.4 is 4.74 Å². The summed E-state index contributed by atoms with van der Waals surface area (Å²) in [6.07, 6.45) is 6.28. The Bertz CT molecular complexity index is 983. The third-order valence-electron chi connectivity index (χ3n) is 3.73. The van der Waals surface area contributed by atoms with Crippen LogP contribution >= 0.6 is 11.6 Å². The number of cyclic esters (lactones) is 1. The minimum absolute atomic E-state index is 0.00289. The van der Waals surface area contributed by atoms with E-state index in [-0.39, 0.29) is 27.6 Å². The number of fused-ring (bicyclic) bond motifs is 1. The molecule has 7 heteroatoms. The number of hydrogen-bond acceptors (Lipinski definition) is 3. The maximum atomic E-state index is 12.7. The smallest absolute Gasteiger partial charge is 0.416 e. The fourth-order valence-electron chi connectivity index (χ4n) is 2.45. The number of ether oxygens (including phenoxy) is 2. The van der Waals surface area contributed by atoms with Crippen molar-refractivity contribution in [1.29, 1.82) is 0 Å². The Balaban J connectivity index is 1.98. The summed E-state index contributed by atoms with van der Waals surface area (Å²) in [5, 5.41) is -0.229. The van der Waals surface area contributed by atoms with E-state index in [2.05, 4.69) is 11.8 Å². The molecular weight excluding hydrogens is 369 g/mol. The fourth-order valence-corrected chi connectivity index (χ4v) is 2.67. The number of rotatable bonds is 2. The first-order valence-electron chi connectivity index (χ1n) is 7.08. The number of carbonyl (C=O) groups excluding carboxylic acids is 1. The van der Waals surface area contributed by atoms with E-state index in [1.165, 1.54) is 18.2 Å². The zero-order chi connectivity index (χ0) is 19.1. The van der Waals surface area contributed by atoms with E-state index in [1.54, 1.807) is 0 Å². The summed E-state index contributed by atoms with van der Waals surface area (Å²) in [6.45, 7) is 0. The van der Waals surface area contributed by atoms with Gasteiger partial charge in [0.05, 0.1) is 16.1 Å². The molecule has 2 aromatic carbocycles. The van der Waals surface area contributed by atoms with Crippen molar-refractivity contribution in [2.75, 3.05) is 0 Å². The molecule has 3 nitrogen and oxygen atoms in total. The van der Waals surface area contributed by atoms with Crippen LogP contribution in [0.15, 0.2) is 36.4 Å². The molecule has 26 heavy (non-hydrogen) atoms. The summed E-state index contributed by atoms with van der Waals surface area (Å²) < 4.78 is 48.7. The van der Waals surface area contributed by atoms with Gasteiger partial charge in [0.2, 0.25) is 0 Å². The molecule has 0 saturated heterocycles. The Hall–Kier alpha value is -3.09. The Morgan fingerprint density at radius 1 is 1.12 bits per heavy atom. The Labute approximate surface area is 151 Å². The van der Waals surface area contributed by atoms with Gasteiger partial charge in [0.1, 0.15) is 11.5 Å². The van der Waals surface area contributed by atoms with Gasteiger partial charge in [-0.3, -0.25) is 0 Å². The first-order valence-corrected chi connectivity index (χ1v) is 7.46. The van der Waals surface area contributed by atoms with Crippen LogP contribution in [0.2, 0.25) is 5.02 Å². The van der Waals surface area contributed by atoms with Gasteiger partial charge in [-0.15, -0.1) is 12.8 Å². The summed E-state index contributed by atoms with van der Waals surface area (Å²) in [7, 11) is 0. The van der Waals surface area contributed by atoms with E-state index in [4.69, 9.17) is 33.9 Å². The first kappa shape index (κ1) is 17.7. The van der Waals surface area contributed by atoms with Gasteiger partial charge >= 0.3 is 12.1 Å². The quantitative estimate of drug-likeness (QED) is 0.559. The normalized spacial score (nSPS) is 14.8. The summed E-state index contributed by atoms with van der Waals surface area (Å²) >= 11 is 5.87. The second-order valence-electron chi connectivity index (χ2n) is 5.31. The summed E-state index contributed by atoms with van der Waals surface area (Å²) in [5.74, 6) is 4.01. The third-order valence-corrected chi connectivity index (χ3v) is 4.02.